The van der Waals surface area contributed by atoms with Crippen LogP contribution < -0.4 is 10.2 Å². The molecule has 0 amide bonds. The molecule has 1 aliphatic rings. The molecular weight excluding hydrogens is 314 g/mol. The van der Waals surface area contributed by atoms with Gasteiger partial charge in [0.1, 0.15) is 5.69 Å². The fraction of sp³-hybridized carbons (Fsp3) is 0.571. The van der Waals surface area contributed by atoms with E-state index in [2.05, 4.69) is 35.1 Å². The lowest BCUT2D eigenvalue weighted by molar-refractivity contribution is 0.418. The third-order valence-corrected chi connectivity index (χ3v) is 3.99. The van der Waals surface area contributed by atoms with Crippen molar-refractivity contribution >= 4 is 21.6 Å². The van der Waals surface area contributed by atoms with Crippen LogP contribution in [-0.4, -0.2) is 25.7 Å². The van der Waals surface area contributed by atoms with E-state index in [4.69, 9.17) is 0 Å². The predicted octanol–water partition coefficient (Wildman–Crippen LogP) is 3.55. The van der Waals surface area contributed by atoms with Crippen LogP contribution >= 0.6 is 15.9 Å². The van der Waals surface area contributed by atoms with Gasteiger partial charge in [-0.1, -0.05) is 29.8 Å². The highest BCUT2D eigenvalue weighted by molar-refractivity contribution is 9.10. The Morgan fingerprint density at radius 1 is 1.32 bits per heavy atom. The van der Waals surface area contributed by atoms with Crippen molar-refractivity contribution in [3.05, 3.63) is 28.2 Å². The van der Waals surface area contributed by atoms with E-state index in [9.17, 15) is 8.78 Å². The van der Waals surface area contributed by atoms with Crippen LogP contribution in [0.4, 0.5) is 14.5 Å². The van der Waals surface area contributed by atoms with E-state index >= 15 is 0 Å². The third-order valence-electron chi connectivity index (χ3n) is 3.53. The lowest BCUT2D eigenvalue weighted by Crippen LogP contribution is -2.41. The van der Waals surface area contributed by atoms with Crippen LogP contribution in [0.2, 0.25) is 0 Å². The molecule has 0 bridgehead atoms. The first-order valence-corrected chi connectivity index (χ1v) is 7.41. The molecule has 1 unspecified atom stereocenters. The summed E-state index contributed by atoms with van der Waals surface area (Å²) in [7, 11) is 0. The Bertz CT molecular complexity index is 428. The maximum absolute atomic E-state index is 14.0. The number of anilines is 1. The molecule has 1 aromatic carbocycles. The van der Waals surface area contributed by atoms with E-state index in [0.717, 1.165) is 13.0 Å². The molecular formula is C14H19BrF2N2. The lowest BCUT2D eigenvalue weighted by Gasteiger charge is -2.29. The first kappa shape index (κ1) is 14.7. The molecule has 0 spiro atoms. The zero-order chi connectivity index (χ0) is 14.0. The summed E-state index contributed by atoms with van der Waals surface area (Å²) >= 11 is 3.11. The molecule has 1 heterocycles. The first-order chi connectivity index (χ1) is 8.99. The highest BCUT2D eigenvalue weighted by Crippen LogP contribution is 2.28. The van der Waals surface area contributed by atoms with Crippen LogP contribution in [0.25, 0.3) is 0 Å². The van der Waals surface area contributed by atoms with E-state index in [-0.39, 0.29) is 11.7 Å². The topological polar surface area (TPSA) is 15.3 Å². The van der Waals surface area contributed by atoms with Gasteiger partial charge in [-0.3, -0.25) is 0 Å². The molecule has 5 heteroatoms. The summed E-state index contributed by atoms with van der Waals surface area (Å²) in [6.45, 7) is 6.43. The van der Waals surface area contributed by atoms with Crippen molar-refractivity contribution in [3.8, 4) is 0 Å². The number of hydrogen-bond donors (Lipinski definition) is 1. The van der Waals surface area contributed by atoms with Gasteiger partial charge in [-0.15, -0.1) is 0 Å². The summed E-state index contributed by atoms with van der Waals surface area (Å²) in [5.41, 5.74) is 0.0950. The van der Waals surface area contributed by atoms with Crippen molar-refractivity contribution in [2.45, 2.75) is 26.3 Å². The van der Waals surface area contributed by atoms with E-state index < -0.39 is 11.6 Å². The van der Waals surface area contributed by atoms with Gasteiger partial charge in [-0.2, -0.15) is 0 Å². The van der Waals surface area contributed by atoms with Crippen molar-refractivity contribution in [1.82, 2.24) is 5.32 Å². The molecule has 1 N–H and O–H groups in total. The van der Waals surface area contributed by atoms with Crippen LogP contribution in [0.3, 0.4) is 0 Å². The fourth-order valence-electron chi connectivity index (χ4n) is 2.44. The Hall–Kier alpha value is -0.680. The highest BCUT2D eigenvalue weighted by Gasteiger charge is 2.24. The lowest BCUT2D eigenvalue weighted by atomic mass is 10.0. The molecule has 1 aliphatic heterocycles. The van der Waals surface area contributed by atoms with Gasteiger partial charge in [0.05, 0.1) is 0 Å². The number of nitrogens with one attached hydrogen (secondary N) is 1. The Labute approximate surface area is 121 Å². The van der Waals surface area contributed by atoms with E-state index in [1.54, 1.807) is 0 Å². The van der Waals surface area contributed by atoms with Crippen LogP contribution in [0.1, 0.15) is 20.3 Å². The summed E-state index contributed by atoms with van der Waals surface area (Å²) in [4.78, 5) is 1.82. The van der Waals surface area contributed by atoms with Gasteiger partial charge in [-0.25, -0.2) is 8.78 Å². The highest BCUT2D eigenvalue weighted by atomic mass is 79.9. The fourth-order valence-corrected chi connectivity index (χ4v) is 2.84. The first-order valence-electron chi connectivity index (χ1n) is 6.62. The number of rotatable bonds is 2. The second-order valence-electron chi connectivity index (χ2n) is 5.32. The smallest absolute Gasteiger partial charge is 0.150 e. The van der Waals surface area contributed by atoms with Gasteiger partial charge in [0.15, 0.2) is 11.6 Å². The Morgan fingerprint density at radius 3 is 2.53 bits per heavy atom. The number of halogens is 3. The summed E-state index contributed by atoms with van der Waals surface area (Å²) < 4.78 is 28.5. The predicted molar refractivity (Wildman–Crippen MR) is 77.5 cm³/mol. The van der Waals surface area contributed by atoms with Gasteiger partial charge in [0, 0.05) is 23.6 Å². The van der Waals surface area contributed by atoms with Gasteiger partial charge >= 0.3 is 0 Å². The second-order valence-corrected chi connectivity index (χ2v) is 6.24. The van der Waals surface area contributed by atoms with Crippen LogP contribution in [0.15, 0.2) is 16.6 Å². The second kappa shape index (κ2) is 6.18. The van der Waals surface area contributed by atoms with Gasteiger partial charge < -0.3 is 10.2 Å². The Morgan fingerprint density at radius 2 is 1.95 bits per heavy atom. The molecule has 1 saturated heterocycles. The monoisotopic (exact) mass is 332 g/mol. The van der Waals surface area contributed by atoms with Crippen LogP contribution in [0, 0.1) is 17.6 Å². The summed E-state index contributed by atoms with van der Waals surface area (Å²) in [5, 5.41) is 3.44. The molecule has 0 radical (unpaired) electrons. The number of benzene rings is 1. The average molecular weight is 333 g/mol. The Kier molecular flexibility index (Phi) is 4.79. The SMILES string of the molecule is CC(C)C1CN(c2c(F)cc(Br)cc2F)CCCN1. The molecule has 19 heavy (non-hydrogen) atoms. The third kappa shape index (κ3) is 3.45. The van der Waals surface area contributed by atoms with Gasteiger partial charge in [0.2, 0.25) is 0 Å². The molecule has 0 aliphatic carbocycles. The minimum absolute atomic E-state index is 0.0950. The molecule has 1 aromatic rings. The van der Waals surface area contributed by atoms with Crippen molar-refractivity contribution < 1.29 is 8.78 Å². The van der Waals surface area contributed by atoms with Crippen molar-refractivity contribution in [1.29, 1.82) is 0 Å². The zero-order valence-corrected chi connectivity index (χ0v) is 12.8. The molecule has 1 atom stereocenters. The molecule has 2 rings (SSSR count). The largest absolute Gasteiger partial charge is 0.365 e. The molecule has 106 valence electrons. The maximum atomic E-state index is 14.0. The van der Waals surface area contributed by atoms with Crippen molar-refractivity contribution in [2.24, 2.45) is 5.92 Å². The molecule has 0 saturated carbocycles. The number of nitrogens with zero attached hydrogens (tertiary/aromatic N) is 1. The summed E-state index contributed by atoms with van der Waals surface area (Å²) in [5.74, 6) is -0.574. The minimum Gasteiger partial charge on any atom is -0.365 e. The normalized spacial score (nSPS) is 20.7. The summed E-state index contributed by atoms with van der Waals surface area (Å²) in [6, 6.07) is 2.90. The molecule has 2 nitrogen and oxygen atoms in total. The van der Waals surface area contributed by atoms with E-state index in [1.165, 1.54) is 12.1 Å². The summed E-state index contributed by atoms with van der Waals surface area (Å²) in [6.07, 6.45) is 0.887. The van der Waals surface area contributed by atoms with Crippen LogP contribution in [-0.2, 0) is 0 Å². The molecule has 1 fully saturated rings. The van der Waals surface area contributed by atoms with Crippen LogP contribution in [0.5, 0.6) is 0 Å². The minimum atomic E-state index is -0.503. The van der Waals surface area contributed by atoms with Gasteiger partial charge in [-0.05, 0) is 31.0 Å². The van der Waals surface area contributed by atoms with E-state index in [0.29, 0.717) is 23.5 Å². The zero-order valence-electron chi connectivity index (χ0n) is 11.2. The van der Waals surface area contributed by atoms with E-state index in [1.807, 2.05) is 4.90 Å². The average Bonchev–Trinajstić information content (AvgIpc) is 2.53. The molecule has 0 aromatic heterocycles. The van der Waals surface area contributed by atoms with Crippen molar-refractivity contribution in [3.63, 3.8) is 0 Å². The number of hydrogen-bond acceptors (Lipinski definition) is 2. The Balaban J connectivity index is 2.29. The van der Waals surface area contributed by atoms with Gasteiger partial charge in [0.25, 0.3) is 0 Å². The maximum Gasteiger partial charge on any atom is 0.150 e. The standard InChI is InChI=1S/C14H19BrF2N2/c1-9(2)13-8-19(5-3-4-18-13)14-11(16)6-10(15)7-12(14)17/h6-7,9,13,18H,3-5,8H2,1-2H3. The van der Waals surface area contributed by atoms with Crippen molar-refractivity contribution in [2.75, 3.05) is 24.5 Å². The quantitative estimate of drug-likeness (QED) is 0.890.